The summed E-state index contributed by atoms with van der Waals surface area (Å²) in [6, 6.07) is 11.3. The zero-order valence-corrected chi connectivity index (χ0v) is 21.9. The van der Waals surface area contributed by atoms with Gasteiger partial charge in [0.25, 0.3) is 5.56 Å². The molecular formula is C25H22ClN5O7S. The molecule has 2 amide bonds. The van der Waals surface area contributed by atoms with E-state index in [2.05, 4.69) is 25.6 Å². The topological polar surface area (TPSA) is 183 Å². The molecule has 0 aliphatic carbocycles. The van der Waals surface area contributed by atoms with E-state index in [1.807, 2.05) is 0 Å². The maximum atomic E-state index is 12.6. The van der Waals surface area contributed by atoms with Gasteiger partial charge in [-0.25, -0.2) is 14.6 Å². The molecule has 2 unspecified atom stereocenters. The Morgan fingerprint density at radius 1 is 1.10 bits per heavy atom. The lowest BCUT2D eigenvalue weighted by molar-refractivity contribution is -0.122. The number of amidine groups is 1. The molecule has 0 saturated carbocycles. The van der Waals surface area contributed by atoms with Crippen LogP contribution in [-0.4, -0.2) is 49.9 Å². The number of carbonyl (C=O) groups excluding carboxylic acids is 3. The van der Waals surface area contributed by atoms with E-state index in [0.717, 1.165) is 11.8 Å². The van der Waals surface area contributed by atoms with Crippen molar-refractivity contribution in [2.45, 2.75) is 24.6 Å². The number of benzene rings is 2. The number of nitrogens with one attached hydrogen (secondary N) is 4. The molecule has 1 aliphatic heterocycles. The minimum Gasteiger partial charge on any atom is -0.494 e. The van der Waals surface area contributed by atoms with E-state index < -0.39 is 46.2 Å². The number of aromatic hydroxyl groups is 1. The van der Waals surface area contributed by atoms with E-state index in [1.54, 1.807) is 43.3 Å². The number of anilines is 1. The Morgan fingerprint density at radius 2 is 1.79 bits per heavy atom. The number of aromatic amines is 2. The van der Waals surface area contributed by atoms with Gasteiger partial charge in [0.15, 0.2) is 5.17 Å². The van der Waals surface area contributed by atoms with Crippen molar-refractivity contribution in [1.82, 2.24) is 15.3 Å². The summed E-state index contributed by atoms with van der Waals surface area (Å²) in [6.07, 6.45) is -0.189. The van der Waals surface area contributed by atoms with E-state index in [-0.39, 0.29) is 23.8 Å². The van der Waals surface area contributed by atoms with Crippen molar-refractivity contribution >= 4 is 52.0 Å². The van der Waals surface area contributed by atoms with E-state index in [0.29, 0.717) is 21.8 Å². The van der Waals surface area contributed by atoms with Crippen LogP contribution in [0.4, 0.5) is 5.69 Å². The van der Waals surface area contributed by atoms with Gasteiger partial charge in [-0.1, -0.05) is 35.5 Å². The summed E-state index contributed by atoms with van der Waals surface area (Å²) >= 11 is 6.96. The summed E-state index contributed by atoms with van der Waals surface area (Å²) in [5.74, 6) is -2.07. The van der Waals surface area contributed by atoms with Crippen LogP contribution in [0.2, 0.25) is 5.02 Å². The number of hydrogen-bond donors (Lipinski definition) is 5. The average molecular weight is 572 g/mol. The highest BCUT2D eigenvalue weighted by Gasteiger charge is 2.34. The van der Waals surface area contributed by atoms with Gasteiger partial charge >= 0.3 is 11.7 Å². The van der Waals surface area contributed by atoms with Gasteiger partial charge in [0.1, 0.15) is 16.9 Å². The Morgan fingerprint density at radius 3 is 2.44 bits per heavy atom. The number of H-pyrrole nitrogens is 2. The summed E-state index contributed by atoms with van der Waals surface area (Å²) in [6.45, 7) is 1.94. The minimum atomic E-state index is -1.11. The Hall–Kier alpha value is -4.36. The van der Waals surface area contributed by atoms with Crippen molar-refractivity contribution in [2.24, 2.45) is 4.99 Å². The lowest BCUT2D eigenvalue weighted by Crippen LogP contribution is -2.29. The fourth-order valence-electron chi connectivity index (χ4n) is 3.69. The quantitative estimate of drug-likeness (QED) is 0.255. The van der Waals surface area contributed by atoms with E-state index in [4.69, 9.17) is 16.3 Å². The normalized spacial score (nSPS) is 16.5. The first-order valence-electron chi connectivity index (χ1n) is 11.6. The average Bonchev–Trinajstić information content (AvgIpc) is 3.22. The molecule has 5 N–H and O–H groups in total. The van der Waals surface area contributed by atoms with Gasteiger partial charge in [-0.3, -0.25) is 24.4 Å². The van der Waals surface area contributed by atoms with Crippen molar-refractivity contribution in [3.63, 3.8) is 0 Å². The lowest BCUT2D eigenvalue weighted by Gasteiger charge is -2.14. The summed E-state index contributed by atoms with van der Waals surface area (Å²) in [4.78, 5) is 69.7. The number of halogens is 1. The molecule has 0 bridgehead atoms. The van der Waals surface area contributed by atoms with Gasteiger partial charge < -0.3 is 20.5 Å². The van der Waals surface area contributed by atoms with Gasteiger partial charge in [-0.15, -0.1) is 0 Å². The molecule has 14 heteroatoms. The largest absolute Gasteiger partial charge is 0.494 e. The second-order valence-electron chi connectivity index (χ2n) is 8.20. The van der Waals surface area contributed by atoms with Crippen molar-refractivity contribution in [3.8, 4) is 5.88 Å². The molecular weight excluding hydrogens is 550 g/mol. The number of carbonyl (C=O) groups is 3. The lowest BCUT2D eigenvalue weighted by atomic mass is 10.0. The number of esters is 1. The van der Waals surface area contributed by atoms with E-state index in [9.17, 15) is 29.1 Å². The number of thioether (sulfide) groups is 1. The van der Waals surface area contributed by atoms with Crippen LogP contribution in [0, 0.1) is 0 Å². The van der Waals surface area contributed by atoms with Crippen LogP contribution in [0.15, 0.2) is 63.1 Å². The molecule has 4 rings (SSSR count). The fraction of sp³-hybridized carbons (Fsp3) is 0.200. The molecule has 12 nitrogen and oxygen atoms in total. The predicted molar refractivity (Wildman–Crippen MR) is 145 cm³/mol. The highest BCUT2D eigenvalue weighted by Crippen LogP contribution is 2.32. The molecule has 2 aromatic carbocycles. The second-order valence-corrected chi connectivity index (χ2v) is 9.83. The predicted octanol–water partition coefficient (Wildman–Crippen LogP) is 2.30. The molecule has 1 aromatic heterocycles. The Balaban J connectivity index is 1.51. The van der Waals surface area contributed by atoms with Gasteiger partial charge in [0, 0.05) is 17.1 Å². The first-order valence-corrected chi connectivity index (χ1v) is 12.8. The molecule has 1 saturated heterocycles. The summed E-state index contributed by atoms with van der Waals surface area (Å²) in [7, 11) is 0. The van der Waals surface area contributed by atoms with Crippen molar-refractivity contribution in [2.75, 3.05) is 11.9 Å². The summed E-state index contributed by atoms with van der Waals surface area (Å²) in [5, 5.41) is 15.3. The SMILES string of the molecule is CCOC(=O)c1ccc(NC(=O)CC2SC(=NC(c3ccc(Cl)cc3)c3c(O)[nH]c(=O)[nH]c3=O)NC2=O)cc1. The molecule has 202 valence electrons. The Labute approximate surface area is 229 Å². The van der Waals surface area contributed by atoms with Crippen LogP contribution in [0.25, 0.3) is 0 Å². The second kappa shape index (κ2) is 12.0. The highest BCUT2D eigenvalue weighted by atomic mass is 35.5. The maximum absolute atomic E-state index is 12.6. The van der Waals surface area contributed by atoms with Crippen molar-refractivity contribution in [3.05, 3.63) is 91.1 Å². The third-order valence-corrected chi connectivity index (χ3v) is 6.84. The molecule has 0 spiro atoms. The smallest absolute Gasteiger partial charge is 0.338 e. The van der Waals surface area contributed by atoms with Crippen LogP contribution in [0.5, 0.6) is 5.88 Å². The highest BCUT2D eigenvalue weighted by molar-refractivity contribution is 8.15. The zero-order valence-electron chi connectivity index (χ0n) is 20.3. The van der Waals surface area contributed by atoms with Crippen molar-refractivity contribution in [1.29, 1.82) is 0 Å². The van der Waals surface area contributed by atoms with E-state index >= 15 is 0 Å². The Kier molecular flexibility index (Phi) is 8.52. The number of ether oxygens (including phenoxy) is 1. The van der Waals surface area contributed by atoms with Gasteiger partial charge in [-0.2, -0.15) is 0 Å². The maximum Gasteiger partial charge on any atom is 0.338 e. The first kappa shape index (κ1) is 27.7. The molecule has 1 aliphatic rings. The molecule has 0 radical (unpaired) electrons. The molecule has 3 aromatic rings. The van der Waals surface area contributed by atoms with Crippen LogP contribution in [-0.2, 0) is 14.3 Å². The monoisotopic (exact) mass is 571 g/mol. The van der Waals surface area contributed by atoms with Crippen molar-refractivity contribution < 1.29 is 24.2 Å². The molecule has 2 heterocycles. The zero-order chi connectivity index (χ0) is 28.1. The third kappa shape index (κ3) is 6.75. The number of aromatic nitrogens is 2. The number of nitrogens with zero attached hydrogens (tertiary/aromatic N) is 1. The first-order chi connectivity index (χ1) is 18.6. The van der Waals surface area contributed by atoms with Gasteiger partial charge in [0.2, 0.25) is 17.7 Å². The van der Waals surface area contributed by atoms with Gasteiger partial charge in [0.05, 0.1) is 12.2 Å². The number of hydrogen-bond acceptors (Lipinski definition) is 9. The van der Waals surface area contributed by atoms with Gasteiger partial charge in [-0.05, 0) is 48.9 Å². The molecule has 2 atom stereocenters. The standard InChI is InChI=1S/C25H22ClN5O7S/c1-2-38-23(36)13-5-9-15(10-6-13)27-17(32)11-16-20(33)31-25(39-16)28-19(12-3-7-14(26)8-4-12)18-21(34)29-24(37)30-22(18)35/h3-10,16,19H,2,11H2,1H3,(H,27,32)(H,28,31,33)(H3,29,30,34,35,37). The number of rotatable bonds is 8. The van der Waals surface area contributed by atoms with Crippen LogP contribution in [0.1, 0.15) is 40.9 Å². The molecule has 39 heavy (non-hydrogen) atoms. The number of aliphatic imine (C=N–C) groups is 1. The summed E-state index contributed by atoms with van der Waals surface area (Å²) < 4.78 is 4.93. The fourth-order valence-corrected chi connectivity index (χ4v) is 4.81. The molecule has 1 fully saturated rings. The van der Waals surface area contributed by atoms with E-state index in [1.165, 1.54) is 12.1 Å². The van der Waals surface area contributed by atoms with Crippen LogP contribution < -0.4 is 21.9 Å². The van der Waals surface area contributed by atoms with Crippen LogP contribution in [0.3, 0.4) is 0 Å². The minimum absolute atomic E-state index is 0.113. The van der Waals surface area contributed by atoms with Crippen LogP contribution >= 0.6 is 23.4 Å². The number of amides is 2. The third-order valence-electron chi connectivity index (χ3n) is 5.49. The Bertz CT molecular complexity index is 1550. The summed E-state index contributed by atoms with van der Waals surface area (Å²) in [5.41, 5.74) is -0.785.